The molecule has 0 aromatic heterocycles. The third-order valence-corrected chi connectivity index (χ3v) is 4.58. The summed E-state index contributed by atoms with van der Waals surface area (Å²) in [5.41, 5.74) is 0. The Bertz CT molecular complexity index is 365. The zero-order valence-corrected chi connectivity index (χ0v) is 15.4. The molecule has 0 bridgehead atoms. The summed E-state index contributed by atoms with van der Waals surface area (Å²) in [6, 6.07) is 0. The molecule has 3 unspecified atom stereocenters. The number of nitrogens with one attached hydrogen (secondary N) is 1. The molecule has 0 aromatic carbocycles. The minimum Gasteiger partial charge on any atom is -0.396 e. The second kappa shape index (κ2) is 11.5. The molecule has 0 radical (unpaired) electrons. The normalized spacial score (nSPS) is 17.0. The molecule has 0 aliphatic rings. The minimum absolute atomic E-state index is 0.0114. The van der Waals surface area contributed by atoms with Crippen LogP contribution in [0.3, 0.4) is 0 Å². The molecule has 3 N–H and O–H groups in total. The Morgan fingerprint density at radius 2 is 2.00 bits per heavy atom. The lowest BCUT2D eigenvalue weighted by Crippen LogP contribution is -2.28. The Hall–Kier alpha value is -0.0400. The second-order valence-corrected chi connectivity index (χ2v) is 8.46. The Morgan fingerprint density at radius 1 is 1.36 bits per heavy atom. The van der Waals surface area contributed by atoms with Gasteiger partial charge in [0.2, 0.25) is 5.91 Å². The number of amides is 1. The Labute approximate surface area is 138 Å². The molecule has 0 rings (SSSR count). The van der Waals surface area contributed by atoms with E-state index >= 15 is 0 Å². The zero-order valence-electron chi connectivity index (χ0n) is 13.7. The molecule has 1 amide bonds. The van der Waals surface area contributed by atoms with Gasteiger partial charge < -0.3 is 31.3 Å². The summed E-state index contributed by atoms with van der Waals surface area (Å²) < 4.78 is 10.3. The van der Waals surface area contributed by atoms with Gasteiger partial charge in [0.15, 0.2) is 0 Å². The van der Waals surface area contributed by atoms with Crippen LogP contribution in [0, 0.1) is 18.8 Å². The molecule has 132 valence electrons. The van der Waals surface area contributed by atoms with Crippen molar-refractivity contribution in [1.82, 2.24) is 5.32 Å². The third kappa shape index (κ3) is 11.5. The third-order valence-electron chi connectivity index (χ3n) is 2.91. The zero-order chi connectivity index (χ0) is 17.2. The van der Waals surface area contributed by atoms with Crippen LogP contribution in [0.2, 0.25) is 0 Å². The van der Waals surface area contributed by atoms with E-state index in [0.29, 0.717) is 6.54 Å². The number of carbonyl (C=O) groups is 1. The van der Waals surface area contributed by atoms with Gasteiger partial charge in [-0.1, -0.05) is 33.3 Å². The number of aliphatic hydroxyl groups is 1. The average molecular weight is 354 g/mol. The van der Waals surface area contributed by atoms with Crippen LogP contribution in [-0.2, 0) is 25.6 Å². The number of hydrogen-bond acceptors (Lipinski definition) is 5. The van der Waals surface area contributed by atoms with Crippen molar-refractivity contribution in [3.05, 3.63) is 6.92 Å². The quantitative estimate of drug-likeness (QED) is 0.282. The SMILES string of the molecule is [CH2-]C(C)OP(O)(=S)OCC(CO)CCCCNC(=O)C(C)C. The topological polar surface area (TPSA) is 88.0 Å². The molecular formula is C14H29NO5PS-. The predicted octanol–water partition coefficient (Wildman–Crippen LogP) is 2.01. The first-order chi connectivity index (χ1) is 10.2. The van der Waals surface area contributed by atoms with Crippen LogP contribution in [0.25, 0.3) is 0 Å². The van der Waals surface area contributed by atoms with E-state index < -0.39 is 12.8 Å². The fourth-order valence-corrected chi connectivity index (χ4v) is 3.20. The first kappa shape index (κ1) is 22.0. The fourth-order valence-electron chi connectivity index (χ4n) is 1.66. The van der Waals surface area contributed by atoms with Crippen LogP contribution in [0.5, 0.6) is 0 Å². The standard InChI is InChI=1S/C14H29NO5PS/c1-11(2)14(17)15-8-6-5-7-13(9-16)10-19-21(18,22)20-12(3)4/h11-13,16H,3,5-10H2,1-2,4H3,(H,15,17)(H,18,22)/q-1. The highest BCUT2D eigenvalue weighted by Crippen LogP contribution is 2.45. The molecule has 8 heteroatoms. The van der Waals surface area contributed by atoms with Gasteiger partial charge in [-0.15, -0.1) is 0 Å². The van der Waals surface area contributed by atoms with Gasteiger partial charge in [0.25, 0.3) is 0 Å². The van der Waals surface area contributed by atoms with Gasteiger partial charge in [-0.3, -0.25) is 4.79 Å². The molecule has 0 saturated carbocycles. The van der Waals surface area contributed by atoms with Gasteiger partial charge in [0.05, 0.1) is 6.61 Å². The van der Waals surface area contributed by atoms with E-state index in [9.17, 15) is 14.8 Å². The predicted molar refractivity (Wildman–Crippen MR) is 90.6 cm³/mol. The van der Waals surface area contributed by atoms with Gasteiger partial charge in [0, 0.05) is 25.0 Å². The lowest BCUT2D eigenvalue weighted by molar-refractivity contribution is -0.123. The summed E-state index contributed by atoms with van der Waals surface area (Å²) in [6.45, 7) is 6.38. The van der Waals surface area contributed by atoms with E-state index in [1.807, 2.05) is 13.8 Å². The molecule has 0 aliphatic heterocycles. The first-order valence-corrected chi connectivity index (χ1v) is 10.1. The molecule has 0 spiro atoms. The second-order valence-electron chi connectivity index (χ2n) is 5.67. The molecule has 0 aliphatic carbocycles. The Balaban J connectivity index is 3.89. The highest BCUT2D eigenvalue weighted by atomic mass is 32.5. The number of aliphatic hydroxyl groups excluding tert-OH is 1. The van der Waals surface area contributed by atoms with Gasteiger partial charge >= 0.3 is 6.72 Å². The molecule has 22 heavy (non-hydrogen) atoms. The maximum absolute atomic E-state index is 11.4. The van der Waals surface area contributed by atoms with Crippen molar-refractivity contribution in [2.24, 2.45) is 11.8 Å². The van der Waals surface area contributed by atoms with Crippen LogP contribution in [0.1, 0.15) is 40.0 Å². The van der Waals surface area contributed by atoms with Crippen molar-refractivity contribution in [2.45, 2.75) is 46.1 Å². The maximum atomic E-state index is 11.4. The van der Waals surface area contributed by atoms with Crippen LogP contribution in [-0.4, -0.2) is 41.8 Å². The number of unbranched alkanes of at least 4 members (excludes halogenated alkanes) is 1. The van der Waals surface area contributed by atoms with Crippen LogP contribution >= 0.6 is 6.72 Å². The summed E-state index contributed by atoms with van der Waals surface area (Å²) in [5, 5.41) is 12.2. The van der Waals surface area contributed by atoms with Gasteiger partial charge in [-0.25, -0.2) is 0 Å². The molecule has 6 nitrogen and oxygen atoms in total. The number of hydrogen-bond donors (Lipinski definition) is 3. The summed E-state index contributed by atoms with van der Waals surface area (Å²) in [5.74, 6) is -0.0795. The number of rotatable bonds is 12. The van der Waals surface area contributed by atoms with Crippen LogP contribution in [0.4, 0.5) is 0 Å². The molecule has 3 atom stereocenters. The monoisotopic (exact) mass is 354 g/mol. The van der Waals surface area contributed by atoms with Crippen molar-refractivity contribution in [3.63, 3.8) is 0 Å². The highest BCUT2D eigenvalue weighted by Gasteiger charge is 2.18. The number of carbonyl (C=O) groups excluding carboxylic acids is 1. The maximum Gasteiger partial charge on any atom is 0.322 e. The lowest BCUT2D eigenvalue weighted by atomic mass is 10.0. The van der Waals surface area contributed by atoms with Gasteiger partial charge in [0.1, 0.15) is 0 Å². The minimum atomic E-state index is -3.28. The Kier molecular flexibility index (Phi) is 11.5. The largest absolute Gasteiger partial charge is 0.396 e. The summed E-state index contributed by atoms with van der Waals surface area (Å²) >= 11 is 4.85. The molecule has 0 fully saturated rings. The van der Waals surface area contributed by atoms with E-state index in [1.165, 1.54) is 0 Å². The van der Waals surface area contributed by atoms with Crippen molar-refractivity contribution in [1.29, 1.82) is 0 Å². The van der Waals surface area contributed by atoms with E-state index in [4.69, 9.17) is 20.9 Å². The van der Waals surface area contributed by atoms with E-state index in [1.54, 1.807) is 6.92 Å². The smallest absolute Gasteiger partial charge is 0.322 e. The highest BCUT2D eigenvalue weighted by molar-refractivity contribution is 8.07. The van der Waals surface area contributed by atoms with Crippen LogP contribution in [0.15, 0.2) is 0 Å². The summed E-state index contributed by atoms with van der Waals surface area (Å²) in [6.07, 6.45) is 1.94. The van der Waals surface area contributed by atoms with Crippen molar-refractivity contribution < 1.29 is 23.8 Å². The van der Waals surface area contributed by atoms with E-state index in [-0.39, 0.29) is 31.0 Å². The lowest BCUT2D eigenvalue weighted by Gasteiger charge is -2.23. The Morgan fingerprint density at radius 3 is 2.50 bits per heavy atom. The molecule has 0 saturated heterocycles. The molecular weight excluding hydrogens is 325 g/mol. The molecule has 0 aromatic rings. The van der Waals surface area contributed by atoms with Crippen molar-refractivity contribution >= 4 is 24.4 Å². The summed E-state index contributed by atoms with van der Waals surface area (Å²) in [4.78, 5) is 21.1. The van der Waals surface area contributed by atoms with Crippen LogP contribution < -0.4 is 5.32 Å². The van der Waals surface area contributed by atoms with E-state index in [0.717, 1.165) is 19.3 Å². The van der Waals surface area contributed by atoms with Gasteiger partial charge in [-0.2, -0.15) is 0 Å². The molecule has 0 heterocycles. The van der Waals surface area contributed by atoms with Crippen molar-refractivity contribution in [2.75, 3.05) is 19.8 Å². The summed E-state index contributed by atoms with van der Waals surface area (Å²) in [7, 11) is 0. The average Bonchev–Trinajstić information content (AvgIpc) is 2.39. The fraction of sp³-hybridized carbons (Fsp3) is 0.857. The first-order valence-electron chi connectivity index (χ1n) is 7.55. The van der Waals surface area contributed by atoms with Crippen molar-refractivity contribution in [3.8, 4) is 0 Å². The van der Waals surface area contributed by atoms with Gasteiger partial charge in [-0.05, 0) is 24.6 Å². The van der Waals surface area contributed by atoms with E-state index in [2.05, 4.69) is 12.2 Å².